The van der Waals surface area contributed by atoms with Crippen LogP contribution in [0, 0.1) is 5.92 Å². The van der Waals surface area contributed by atoms with Crippen LogP contribution in [0.25, 0.3) is 10.9 Å². The molecule has 2 aromatic rings. The zero-order chi connectivity index (χ0) is 14.8. The molecule has 0 spiro atoms. The van der Waals surface area contributed by atoms with Gasteiger partial charge in [-0.15, -0.1) is 0 Å². The topological polar surface area (TPSA) is 34.0 Å². The molecule has 1 aromatic heterocycles. The summed E-state index contributed by atoms with van der Waals surface area (Å²) in [4.78, 5) is 12.2. The van der Waals surface area contributed by atoms with Crippen LogP contribution in [-0.4, -0.2) is 10.6 Å². The Balaban J connectivity index is 2.00. The van der Waals surface area contributed by atoms with Gasteiger partial charge in [-0.2, -0.15) is 0 Å². The molecule has 1 fully saturated rings. The number of nitrogens with zero attached hydrogens (tertiary/aromatic N) is 1. The number of aromatic nitrogens is 1. The molecule has 3 nitrogen and oxygen atoms in total. The van der Waals surface area contributed by atoms with Crippen molar-refractivity contribution in [3.63, 3.8) is 0 Å². The molecule has 1 N–H and O–H groups in total. The van der Waals surface area contributed by atoms with Crippen LogP contribution < -0.4 is 10.9 Å². The van der Waals surface area contributed by atoms with Gasteiger partial charge in [0.25, 0.3) is 5.56 Å². The number of rotatable bonds is 3. The lowest BCUT2D eigenvalue weighted by atomic mass is 9.82. The number of benzene rings is 1. The van der Waals surface area contributed by atoms with Gasteiger partial charge >= 0.3 is 0 Å². The van der Waals surface area contributed by atoms with E-state index in [1.54, 1.807) is 10.6 Å². The van der Waals surface area contributed by atoms with E-state index in [2.05, 4.69) is 18.3 Å². The van der Waals surface area contributed by atoms with E-state index in [9.17, 15) is 4.79 Å². The second-order valence-electron chi connectivity index (χ2n) is 6.18. The van der Waals surface area contributed by atoms with Crippen LogP contribution >= 0.6 is 0 Å². The smallest absolute Gasteiger partial charge is 0.252 e. The highest BCUT2D eigenvalue weighted by molar-refractivity contribution is 5.91. The maximum atomic E-state index is 12.2. The standard InChI is InChI=1S/C18H24N2O/c1-3-13-8-4-6-10-15(13)19-16-12-18(21)20(2)17-11-7-5-9-14(16)17/h5,7,9,11-13,15,19H,3-4,6,8,10H2,1-2H3. The molecule has 3 rings (SSSR count). The minimum atomic E-state index is 0.0556. The molecule has 21 heavy (non-hydrogen) atoms. The summed E-state index contributed by atoms with van der Waals surface area (Å²) in [6, 6.07) is 10.4. The first kappa shape index (κ1) is 14.2. The van der Waals surface area contributed by atoms with Crippen LogP contribution in [0.1, 0.15) is 39.0 Å². The third-order valence-electron chi connectivity index (χ3n) is 4.93. The highest BCUT2D eigenvalue weighted by Gasteiger charge is 2.24. The highest BCUT2D eigenvalue weighted by Crippen LogP contribution is 2.31. The summed E-state index contributed by atoms with van der Waals surface area (Å²) < 4.78 is 1.72. The van der Waals surface area contributed by atoms with Crippen molar-refractivity contribution in [1.82, 2.24) is 4.57 Å². The predicted octanol–water partition coefficient (Wildman–Crippen LogP) is 3.92. The summed E-state index contributed by atoms with van der Waals surface area (Å²) >= 11 is 0. The molecule has 1 aliphatic rings. The van der Waals surface area contributed by atoms with E-state index in [1.807, 2.05) is 25.2 Å². The molecule has 2 unspecified atom stereocenters. The molecule has 1 heterocycles. The fraction of sp³-hybridized carbons (Fsp3) is 0.500. The van der Waals surface area contributed by atoms with E-state index >= 15 is 0 Å². The third-order valence-corrected chi connectivity index (χ3v) is 4.93. The number of fused-ring (bicyclic) bond motifs is 1. The number of hydrogen-bond acceptors (Lipinski definition) is 2. The Bertz CT molecular complexity index is 689. The van der Waals surface area contributed by atoms with Gasteiger partial charge in [-0.05, 0) is 24.8 Å². The zero-order valence-corrected chi connectivity index (χ0v) is 12.9. The second kappa shape index (κ2) is 5.92. The van der Waals surface area contributed by atoms with Crippen molar-refractivity contribution in [2.45, 2.75) is 45.1 Å². The Hall–Kier alpha value is -1.77. The molecule has 112 valence electrons. The van der Waals surface area contributed by atoms with Crippen molar-refractivity contribution < 1.29 is 0 Å². The molecular weight excluding hydrogens is 260 g/mol. The summed E-state index contributed by atoms with van der Waals surface area (Å²) in [5, 5.41) is 4.82. The molecule has 0 bridgehead atoms. The van der Waals surface area contributed by atoms with E-state index < -0.39 is 0 Å². The summed E-state index contributed by atoms with van der Waals surface area (Å²) in [6.45, 7) is 2.27. The van der Waals surface area contributed by atoms with Gasteiger partial charge < -0.3 is 9.88 Å². The normalized spacial score (nSPS) is 22.4. The molecule has 1 saturated carbocycles. The van der Waals surface area contributed by atoms with Gasteiger partial charge in [-0.3, -0.25) is 4.79 Å². The first-order chi connectivity index (χ1) is 10.2. The quantitative estimate of drug-likeness (QED) is 0.927. The van der Waals surface area contributed by atoms with Crippen LogP contribution in [0.3, 0.4) is 0 Å². The Labute approximate surface area is 126 Å². The molecule has 1 aliphatic carbocycles. The molecule has 0 amide bonds. The van der Waals surface area contributed by atoms with Crippen molar-refractivity contribution in [3.8, 4) is 0 Å². The van der Waals surface area contributed by atoms with Crippen molar-refractivity contribution in [2.75, 3.05) is 5.32 Å². The Kier molecular flexibility index (Phi) is 4.00. The van der Waals surface area contributed by atoms with Crippen molar-refractivity contribution >= 4 is 16.6 Å². The Morgan fingerprint density at radius 2 is 2.00 bits per heavy atom. The monoisotopic (exact) mass is 284 g/mol. The minimum absolute atomic E-state index is 0.0556. The summed E-state index contributed by atoms with van der Waals surface area (Å²) in [6.07, 6.45) is 6.35. The average Bonchev–Trinajstić information content (AvgIpc) is 2.53. The van der Waals surface area contributed by atoms with Gasteiger partial charge in [0.05, 0.1) is 5.52 Å². The lowest BCUT2D eigenvalue weighted by molar-refractivity contribution is 0.317. The van der Waals surface area contributed by atoms with E-state index in [0.717, 1.165) is 22.5 Å². The van der Waals surface area contributed by atoms with Crippen molar-refractivity contribution in [1.29, 1.82) is 0 Å². The Morgan fingerprint density at radius 1 is 1.24 bits per heavy atom. The van der Waals surface area contributed by atoms with Gasteiger partial charge in [-0.25, -0.2) is 0 Å². The van der Waals surface area contributed by atoms with Crippen molar-refractivity contribution in [2.24, 2.45) is 13.0 Å². The van der Waals surface area contributed by atoms with E-state index in [1.165, 1.54) is 32.1 Å². The van der Waals surface area contributed by atoms with Crippen LogP contribution in [-0.2, 0) is 7.05 Å². The van der Waals surface area contributed by atoms with Gasteiger partial charge in [0.1, 0.15) is 0 Å². The molecule has 2 atom stereocenters. The van der Waals surface area contributed by atoms with Crippen LogP contribution in [0.5, 0.6) is 0 Å². The predicted molar refractivity (Wildman–Crippen MR) is 88.8 cm³/mol. The fourth-order valence-corrected chi connectivity index (χ4v) is 3.62. The molecule has 0 saturated heterocycles. The van der Waals surface area contributed by atoms with E-state index in [-0.39, 0.29) is 5.56 Å². The van der Waals surface area contributed by atoms with Crippen molar-refractivity contribution in [3.05, 3.63) is 40.7 Å². The average molecular weight is 284 g/mol. The first-order valence-electron chi connectivity index (χ1n) is 8.06. The minimum Gasteiger partial charge on any atom is -0.381 e. The maximum Gasteiger partial charge on any atom is 0.252 e. The SMILES string of the molecule is CCC1CCCCC1Nc1cc(=O)n(C)c2ccccc12. The van der Waals surface area contributed by atoms with Gasteiger partial charge in [0.2, 0.25) is 0 Å². The second-order valence-corrected chi connectivity index (χ2v) is 6.18. The molecule has 0 radical (unpaired) electrons. The van der Waals surface area contributed by atoms with Gasteiger partial charge in [-0.1, -0.05) is 44.4 Å². The first-order valence-corrected chi connectivity index (χ1v) is 8.06. The number of anilines is 1. The van der Waals surface area contributed by atoms with Crippen LogP contribution in [0.2, 0.25) is 0 Å². The largest absolute Gasteiger partial charge is 0.381 e. The number of pyridine rings is 1. The summed E-state index contributed by atoms with van der Waals surface area (Å²) in [5.74, 6) is 0.724. The molecule has 3 heteroatoms. The number of hydrogen-bond donors (Lipinski definition) is 1. The van der Waals surface area contributed by atoms with E-state index in [0.29, 0.717) is 6.04 Å². The lowest BCUT2D eigenvalue weighted by Crippen LogP contribution is -2.32. The van der Waals surface area contributed by atoms with E-state index in [4.69, 9.17) is 0 Å². The highest BCUT2D eigenvalue weighted by atomic mass is 16.1. The van der Waals surface area contributed by atoms with Crippen LogP contribution in [0.15, 0.2) is 35.1 Å². The number of nitrogens with one attached hydrogen (secondary N) is 1. The fourth-order valence-electron chi connectivity index (χ4n) is 3.62. The lowest BCUT2D eigenvalue weighted by Gasteiger charge is -2.32. The zero-order valence-electron chi connectivity index (χ0n) is 12.9. The summed E-state index contributed by atoms with van der Waals surface area (Å²) in [5.41, 5.74) is 2.05. The van der Waals surface area contributed by atoms with Gasteiger partial charge in [0.15, 0.2) is 0 Å². The molecular formula is C18H24N2O. The summed E-state index contributed by atoms with van der Waals surface area (Å²) in [7, 11) is 1.84. The molecule has 0 aliphatic heterocycles. The number of para-hydroxylation sites is 1. The van der Waals surface area contributed by atoms with Crippen LogP contribution in [0.4, 0.5) is 5.69 Å². The maximum absolute atomic E-state index is 12.2. The Morgan fingerprint density at radius 3 is 2.81 bits per heavy atom. The van der Waals surface area contributed by atoms with Gasteiger partial charge in [0, 0.05) is 30.2 Å². The molecule has 1 aromatic carbocycles. The third kappa shape index (κ3) is 2.69. The number of aryl methyl sites for hydroxylation is 1.